The minimum Gasteiger partial charge on any atom is -0.481 e. The van der Waals surface area contributed by atoms with E-state index in [4.69, 9.17) is 5.11 Å². The third-order valence-electron chi connectivity index (χ3n) is 3.45. The monoisotopic (exact) mass is 249 g/mol. The second kappa shape index (κ2) is 5.80. The summed E-state index contributed by atoms with van der Waals surface area (Å²) in [5.41, 5.74) is 0.916. The average Bonchev–Trinajstić information content (AvgIpc) is 2.37. The molecule has 1 aliphatic heterocycles. The molecule has 1 aromatic rings. The zero-order chi connectivity index (χ0) is 13.0. The molecule has 1 atom stereocenters. The molecule has 0 aromatic carbocycles. The van der Waals surface area contributed by atoms with E-state index in [0.717, 1.165) is 30.9 Å². The lowest BCUT2D eigenvalue weighted by atomic mass is 9.98. The molecule has 5 heteroatoms. The third-order valence-corrected chi connectivity index (χ3v) is 3.45. The van der Waals surface area contributed by atoms with Crippen LogP contribution in [0.2, 0.25) is 0 Å². The number of rotatable bonds is 4. The molecule has 0 amide bonds. The van der Waals surface area contributed by atoms with E-state index in [0.29, 0.717) is 6.42 Å². The normalized spacial score (nSPS) is 19.8. The zero-order valence-corrected chi connectivity index (χ0v) is 10.7. The number of hydrogen-bond acceptors (Lipinski definition) is 4. The summed E-state index contributed by atoms with van der Waals surface area (Å²) >= 11 is 0. The van der Waals surface area contributed by atoms with E-state index in [1.54, 1.807) is 12.4 Å². The minimum atomic E-state index is -0.726. The Morgan fingerprint density at radius 1 is 1.44 bits per heavy atom. The standard InChI is InChI=1S/C13H19N3O2/c1-10-13(15-8-7-14-10)16-9-3-2-4-11(16)5-6-12(17)18/h7-8,11H,2-6,9H2,1H3,(H,17,18). The minimum absolute atomic E-state index is 0.223. The molecule has 1 fully saturated rings. The van der Waals surface area contributed by atoms with Gasteiger partial charge >= 0.3 is 5.97 Å². The fraction of sp³-hybridized carbons (Fsp3) is 0.615. The van der Waals surface area contributed by atoms with E-state index in [-0.39, 0.29) is 12.5 Å². The van der Waals surface area contributed by atoms with Crippen LogP contribution in [0.3, 0.4) is 0 Å². The highest BCUT2D eigenvalue weighted by atomic mass is 16.4. The number of aromatic nitrogens is 2. The van der Waals surface area contributed by atoms with Gasteiger partial charge in [0, 0.05) is 31.4 Å². The Morgan fingerprint density at radius 2 is 2.22 bits per heavy atom. The summed E-state index contributed by atoms with van der Waals surface area (Å²) in [5.74, 6) is 0.184. The van der Waals surface area contributed by atoms with E-state index in [1.165, 1.54) is 6.42 Å². The van der Waals surface area contributed by atoms with Crippen LogP contribution in [-0.4, -0.2) is 33.6 Å². The average molecular weight is 249 g/mol. The van der Waals surface area contributed by atoms with Gasteiger partial charge < -0.3 is 10.0 Å². The van der Waals surface area contributed by atoms with E-state index >= 15 is 0 Å². The summed E-state index contributed by atoms with van der Waals surface area (Å²) in [6.45, 7) is 2.90. The van der Waals surface area contributed by atoms with Crippen molar-refractivity contribution in [3.05, 3.63) is 18.1 Å². The molecule has 1 unspecified atom stereocenters. The molecule has 18 heavy (non-hydrogen) atoms. The molecule has 2 rings (SSSR count). The Bertz CT molecular complexity index is 422. The highest BCUT2D eigenvalue weighted by Gasteiger charge is 2.25. The van der Waals surface area contributed by atoms with Crippen LogP contribution in [0.25, 0.3) is 0 Å². The molecule has 1 aromatic heterocycles. The Labute approximate surface area is 107 Å². The largest absolute Gasteiger partial charge is 0.481 e. The molecule has 98 valence electrons. The van der Waals surface area contributed by atoms with Crippen molar-refractivity contribution in [1.29, 1.82) is 0 Å². The molecule has 0 spiro atoms. The highest BCUT2D eigenvalue weighted by molar-refractivity contribution is 5.66. The quantitative estimate of drug-likeness (QED) is 0.884. The van der Waals surface area contributed by atoms with Gasteiger partial charge in [-0.25, -0.2) is 4.98 Å². The van der Waals surface area contributed by atoms with Crippen molar-refractivity contribution in [3.63, 3.8) is 0 Å². The predicted molar refractivity (Wildman–Crippen MR) is 68.6 cm³/mol. The van der Waals surface area contributed by atoms with Crippen LogP contribution in [0.4, 0.5) is 5.82 Å². The first-order valence-electron chi connectivity index (χ1n) is 6.44. The van der Waals surface area contributed by atoms with Gasteiger partial charge in [0.2, 0.25) is 0 Å². The lowest BCUT2D eigenvalue weighted by molar-refractivity contribution is -0.137. The molecule has 5 nitrogen and oxygen atoms in total. The maximum Gasteiger partial charge on any atom is 0.303 e. The highest BCUT2D eigenvalue weighted by Crippen LogP contribution is 2.27. The van der Waals surface area contributed by atoms with Crippen LogP contribution in [-0.2, 0) is 4.79 Å². The SMILES string of the molecule is Cc1nccnc1N1CCCCC1CCC(=O)O. The van der Waals surface area contributed by atoms with E-state index in [1.807, 2.05) is 6.92 Å². The fourth-order valence-electron chi connectivity index (χ4n) is 2.55. The van der Waals surface area contributed by atoms with Crippen LogP contribution in [0.15, 0.2) is 12.4 Å². The van der Waals surface area contributed by atoms with Gasteiger partial charge in [-0.1, -0.05) is 0 Å². The summed E-state index contributed by atoms with van der Waals surface area (Å²) in [7, 11) is 0. The second-order valence-electron chi connectivity index (χ2n) is 4.74. The van der Waals surface area contributed by atoms with Crippen LogP contribution in [0.5, 0.6) is 0 Å². The Hall–Kier alpha value is -1.65. The first kappa shape index (κ1) is 12.8. The number of aryl methyl sites for hydroxylation is 1. The van der Waals surface area contributed by atoms with Crippen molar-refractivity contribution in [2.75, 3.05) is 11.4 Å². The van der Waals surface area contributed by atoms with Crippen LogP contribution in [0, 0.1) is 6.92 Å². The number of hydrogen-bond donors (Lipinski definition) is 1. The van der Waals surface area contributed by atoms with E-state index in [2.05, 4.69) is 14.9 Å². The number of piperidine rings is 1. The van der Waals surface area contributed by atoms with Crippen LogP contribution < -0.4 is 4.90 Å². The number of carboxylic acids is 1. The maximum absolute atomic E-state index is 10.7. The van der Waals surface area contributed by atoms with Crippen LogP contribution in [0.1, 0.15) is 37.8 Å². The first-order valence-corrected chi connectivity index (χ1v) is 6.44. The van der Waals surface area contributed by atoms with Crippen molar-refractivity contribution in [2.45, 2.75) is 45.1 Å². The number of anilines is 1. The topological polar surface area (TPSA) is 66.3 Å². The molecule has 1 saturated heterocycles. The predicted octanol–water partition coefficient (Wildman–Crippen LogP) is 2.01. The number of nitrogens with zero attached hydrogens (tertiary/aromatic N) is 3. The Balaban J connectivity index is 2.12. The van der Waals surface area contributed by atoms with Gasteiger partial charge in [-0.2, -0.15) is 0 Å². The molecule has 1 aliphatic rings. The van der Waals surface area contributed by atoms with Gasteiger partial charge in [-0.05, 0) is 32.6 Å². The fourth-order valence-corrected chi connectivity index (χ4v) is 2.55. The summed E-state index contributed by atoms with van der Waals surface area (Å²) < 4.78 is 0. The summed E-state index contributed by atoms with van der Waals surface area (Å²) in [4.78, 5) is 21.6. The number of carboxylic acid groups (broad SMARTS) is 1. The molecule has 2 heterocycles. The van der Waals surface area contributed by atoms with Crippen molar-refractivity contribution >= 4 is 11.8 Å². The second-order valence-corrected chi connectivity index (χ2v) is 4.74. The lowest BCUT2D eigenvalue weighted by Gasteiger charge is -2.37. The van der Waals surface area contributed by atoms with Crippen molar-refractivity contribution in [3.8, 4) is 0 Å². The van der Waals surface area contributed by atoms with Gasteiger partial charge in [-0.3, -0.25) is 9.78 Å². The van der Waals surface area contributed by atoms with Gasteiger partial charge in [-0.15, -0.1) is 0 Å². The zero-order valence-electron chi connectivity index (χ0n) is 10.7. The van der Waals surface area contributed by atoms with Gasteiger partial charge in [0.05, 0.1) is 5.69 Å². The molecular formula is C13H19N3O2. The van der Waals surface area contributed by atoms with Gasteiger partial charge in [0.15, 0.2) is 0 Å². The molecule has 1 N–H and O–H groups in total. The summed E-state index contributed by atoms with van der Waals surface area (Å²) in [6.07, 6.45) is 7.65. The maximum atomic E-state index is 10.7. The van der Waals surface area contributed by atoms with Crippen LogP contribution >= 0.6 is 0 Å². The lowest BCUT2D eigenvalue weighted by Crippen LogP contribution is -2.41. The van der Waals surface area contributed by atoms with E-state index < -0.39 is 5.97 Å². The molecule has 0 bridgehead atoms. The van der Waals surface area contributed by atoms with Gasteiger partial charge in [0.25, 0.3) is 0 Å². The van der Waals surface area contributed by atoms with Crippen molar-refractivity contribution < 1.29 is 9.90 Å². The van der Waals surface area contributed by atoms with Gasteiger partial charge in [0.1, 0.15) is 5.82 Å². The molecule has 0 saturated carbocycles. The van der Waals surface area contributed by atoms with E-state index in [9.17, 15) is 4.79 Å². The van der Waals surface area contributed by atoms with Crippen molar-refractivity contribution in [1.82, 2.24) is 9.97 Å². The first-order chi connectivity index (χ1) is 8.68. The third kappa shape index (κ3) is 2.97. The smallest absolute Gasteiger partial charge is 0.303 e. The molecule has 0 radical (unpaired) electrons. The number of aliphatic carboxylic acids is 1. The summed E-state index contributed by atoms with van der Waals surface area (Å²) in [5, 5.41) is 8.81. The molecular weight excluding hydrogens is 230 g/mol. The number of carbonyl (C=O) groups is 1. The Morgan fingerprint density at radius 3 is 2.94 bits per heavy atom. The summed E-state index contributed by atoms with van der Waals surface area (Å²) in [6, 6.07) is 0.283. The molecule has 0 aliphatic carbocycles. The van der Waals surface area contributed by atoms with Crippen molar-refractivity contribution in [2.24, 2.45) is 0 Å². The Kier molecular flexibility index (Phi) is 4.12.